The third-order valence-electron chi connectivity index (χ3n) is 4.81. The summed E-state index contributed by atoms with van der Waals surface area (Å²) < 4.78 is 2.05. The molecule has 0 bridgehead atoms. The molecule has 1 fully saturated rings. The molecule has 3 aromatic rings. The van der Waals surface area contributed by atoms with E-state index in [-0.39, 0.29) is 11.9 Å². The molecule has 1 aromatic carbocycles. The monoisotopic (exact) mass is 335 g/mol. The Balaban J connectivity index is 1.47. The van der Waals surface area contributed by atoms with Gasteiger partial charge in [-0.3, -0.25) is 4.79 Å². The maximum absolute atomic E-state index is 12.8. The molecule has 1 atom stereocenters. The normalized spacial score (nSPS) is 17.3. The number of imidazole rings is 1. The number of nitrogens with zero attached hydrogens (tertiary/aromatic N) is 5. The predicted octanol–water partition coefficient (Wildman–Crippen LogP) is 2.89. The zero-order chi connectivity index (χ0) is 17.2. The van der Waals surface area contributed by atoms with Crippen molar-refractivity contribution in [2.75, 3.05) is 6.54 Å². The minimum Gasteiger partial charge on any atom is -0.334 e. The molecule has 1 aliphatic heterocycles. The number of aryl methyl sites for hydroxylation is 2. The highest BCUT2D eigenvalue weighted by atomic mass is 16.2. The molecule has 0 N–H and O–H groups in total. The van der Waals surface area contributed by atoms with Crippen molar-refractivity contribution in [3.8, 4) is 0 Å². The van der Waals surface area contributed by atoms with Crippen molar-refractivity contribution >= 4 is 16.9 Å². The number of rotatable bonds is 4. The minimum absolute atomic E-state index is 0.0775. The number of carbonyl (C=O) groups excluding carboxylic acids is 1. The second kappa shape index (κ2) is 6.63. The Kier molecular flexibility index (Phi) is 4.17. The third kappa shape index (κ3) is 3.12. The number of likely N-dealkylation sites (tertiary alicyclic amines) is 1. The SMILES string of the molecule is Cc1nccc(C2CCCN2C(=O)CCn2cnc3ccccc32)n1. The Labute approximate surface area is 146 Å². The van der Waals surface area contributed by atoms with E-state index < -0.39 is 0 Å². The van der Waals surface area contributed by atoms with Gasteiger partial charge in [0.2, 0.25) is 5.91 Å². The van der Waals surface area contributed by atoms with E-state index in [1.807, 2.05) is 53.0 Å². The summed E-state index contributed by atoms with van der Waals surface area (Å²) in [5.41, 5.74) is 2.98. The van der Waals surface area contributed by atoms with Crippen LogP contribution in [0, 0.1) is 6.92 Å². The zero-order valence-corrected chi connectivity index (χ0v) is 14.3. The summed E-state index contributed by atoms with van der Waals surface area (Å²) in [5.74, 6) is 0.929. The molecule has 0 spiro atoms. The Hall–Kier alpha value is -2.76. The number of amides is 1. The van der Waals surface area contributed by atoms with Gasteiger partial charge in [0, 0.05) is 25.7 Å². The van der Waals surface area contributed by atoms with Gasteiger partial charge in [-0.15, -0.1) is 0 Å². The molecular formula is C19H21N5O. The lowest BCUT2D eigenvalue weighted by Crippen LogP contribution is -2.31. The van der Waals surface area contributed by atoms with Gasteiger partial charge in [-0.1, -0.05) is 12.1 Å². The highest BCUT2D eigenvalue weighted by Gasteiger charge is 2.30. The number of para-hydroxylation sites is 2. The van der Waals surface area contributed by atoms with Crippen molar-refractivity contribution in [1.29, 1.82) is 0 Å². The maximum Gasteiger partial charge on any atom is 0.224 e. The minimum atomic E-state index is 0.0775. The van der Waals surface area contributed by atoms with Gasteiger partial charge in [-0.2, -0.15) is 0 Å². The van der Waals surface area contributed by atoms with Gasteiger partial charge < -0.3 is 9.47 Å². The average Bonchev–Trinajstić information content (AvgIpc) is 3.27. The molecular weight excluding hydrogens is 314 g/mol. The van der Waals surface area contributed by atoms with Crippen molar-refractivity contribution in [3.63, 3.8) is 0 Å². The summed E-state index contributed by atoms with van der Waals surface area (Å²) in [7, 11) is 0. The van der Waals surface area contributed by atoms with Gasteiger partial charge in [0.1, 0.15) is 5.82 Å². The molecule has 25 heavy (non-hydrogen) atoms. The fourth-order valence-corrected chi connectivity index (χ4v) is 3.58. The topological polar surface area (TPSA) is 63.9 Å². The zero-order valence-electron chi connectivity index (χ0n) is 14.3. The van der Waals surface area contributed by atoms with Crippen LogP contribution in [0.2, 0.25) is 0 Å². The molecule has 1 amide bonds. The lowest BCUT2D eigenvalue weighted by atomic mass is 10.1. The number of aromatic nitrogens is 4. The van der Waals surface area contributed by atoms with Crippen molar-refractivity contribution in [1.82, 2.24) is 24.4 Å². The van der Waals surface area contributed by atoms with E-state index in [9.17, 15) is 4.79 Å². The first-order chi connectivity index (χ1) is 12.2. The van der Waals surface area contributed by atoms with Gasteiger partial charge in [0.15, 0.2) is 0 Å². The molecule has 0 radical (unpaired) electrons. The van der Waals surface area contributed by atoms with E-state index in [1.165, 1.54) is 0 Å². The lowest BCUT2D eigenvalue weighted by Gasteiger charge is -2.24. The van der Waals surface area contributed by atoms with Gasteiger partial charge in [0.25, 0.3) is 0 Å². The van der Waals surface area contributed by atoms with Gasteiger partial charge >= 0.3 is 0 Å². The molecule has 1 aliphatic rings. The Morgan fingerprint density at radius 2 is 2.12 bits per heavy atom. The molecule has 6 nitrogen and oxygen atoms in total. The van der Waals surface area contributed by atoms with E-state index in [1.54, 1.807) is 6.20 Å². The van der Waals surface area contributed by atoms with Crippen LogP contribution in [0.25, 0.3) is 11.0 Å². The van der Waals surface area contributed by atoms with Crippen LogP contribution in [0.15, 0.2) is 42.9 Å². The summed E-state index contributed by atoms with van der Waals surface area (Å²) >= 11 is 0. The van der Waals surface area contributed by atoms with Gasteiger partial charge in [0.05, 0.1) is 29.1 Å². The fraction of sp³-hybridized carbons (Fsp3) is 0.368. The van der Waals surface area contributed by atoms with Crippen LogP contribution in [0.1, 0.15) is 36.8 Å². The van der Waals surface area contributed by atoms with Crippen LogP contribution in [-0.4, -0.2) is 36.9 Å². The lowest BCUT2D eigenvalue weighted by molar-refractivity contribution is -0.132. The first-order valence-corrected chi connectivity index (χ1v) is 8.71. The summed E-state index contributed by atoms with van der Waals surface area (Å²) in [5, 5.41) is 0. The number of fused-ring (bicyclic) bond motifs is 1. The van der Waals surface area contributed by atoms with Crippen LogP contribution < -0.4 is 0 Å². The van der Waals surface area contributed by atoms with Crippen LogP contribution in [0.3, 0.4) is 0 Å². The first kappa shape index (κ1) is 15.7. The maximum atomic E-state index is 12.8. The molecule has 2 aromatic heterocycles. The average molecular weight is 335 g/mol. The van der Waals surface area contributed by atoms with Crippen LogP contribution >= 0.6 is 0 Å². The predicted molar refractivity (Wildman–Crippen MR) is 94.8 cm³/mol. The van der Waals surface area contributed by atoms with Gasteiger partial charge in [-0.05, 0) is 38.0 Å². The summed E-state index contributed by atoms with van der Waals surface area (Å²) in [6.45, 7) is 3.33. The Morgan fingerprint density at radius 3 is 3.00 bits per heavy atom. The molecule has 0 aliphatic carbocycles. The third-order valence-corrected chi connectivity index (χ3v) is 4.81. The first-order valence-electron chi connectivity index (χ1n) is 8.71. The van der Waals surface area contributed by atoms with Crippen molar-refractivity contribution in [3.05, 3.63) is 54.4 Å². The largest absolute Gasteiger partial charge is 0.334 e. The Morgan fingerprint density at radius 1 is 1.24 bits per heavy atom. The number of benzene rings is 1. The van der Waals surface area contributed by atoms with Crippen molar-refractivity contribution in [2.24, 2.45) is 0 Å². The number of carbonyl (C=O) groups is 1. The molecule has 6 heteroatoms. The van der Waals surface area contributed by atoms with E-state index in [0.717, 1.165) is 41.9 Å². The quantitative estimate of drug-likeness (QED) is 0.735. The summed E-state index contributed by atoms with van der Waals surface area (Å²) in [4.78, 5) is 27.8. The number of hydrogen-bond donors (Lipinski definition) is 0. The van der Waals surface area contributed by atoms with E-state index in [0.29, 0.717) is 13.0 Å². The molecule has 128 valence electrons. The molecule has 4 rings (SSSR count). The molecule has 1 unspecified atom stereocenters. The van der Waals surface area contributed by atoms with Crippen molar-refractivity contribution in [2.45, 2.75) is 38.8 Å². The molecule has 1 saturated heterocycles. The molecule has 0 saturated carbocycles. The number of hydrogen-bond acceptors (Lipinski definition) is 4. The van der Waals surface area contributed by atoms with Crippen LogP contribution in [0.4, 0.5) is 0 Å². The van der Waals surface area contributed by atoms with E-state index >= 15 is 0 Å². The van der Waals surface area contributed by atoms with Crippen molar-refractivity contribution < 1.29 is 4.79 Å². The second-order valence-electron chi connectivity index (χ2n) is 6.45. The second-order valence-corrected chi connectivity index (χ2v) is 6.45. The standard InChI is InChI=1S/C19H21N5O/c1-14-20-10-8-16(22-14)18-7-4-11-24(18)19(25)9-12-23-13-21-15-5-2-3-6-17(15)23/h2-3,5-6,8,10,13,18H,4,7,9,11-12H2,1H3. The highest BCUT2D eigenvalue weighted by Crippen LogP contribution is 2.31. The van der Waals surface area contributed by atoms with E-state index in [2.05, 4.69) is 15.0 Å². The van der Waals surface area contributed by atoms with E-state index in [4.69, 9.17) is 0 Å². The summed E-state index contributed by atoms with van der Waals surface area (Å²) in [6.07, 6.45) is 6.05. The highest BCUT2D eigenvalue weighted by molar-refractivity contribution is 5.78. The van der Waals surface area contributed by atoms with Crippen LogP contribution in [-0.2, 0) is 11.3 Å². The Bertz CT molecular complexity index is 903. The molecule has 3 heterocycles. The smallest absolute Gasteiger partial charge is 0.224 e. The van der Waals surface area contributed by atoms with Gasteiger partial charge in [-0.25, -0.2) is 15.0 Å². The fourth-order valence-electron chi connectivity index (χ4n) is 3.58. The summed E-state index contributed by atoms with van der Waals surface area (Å²) in [6, 6.07) is 10.00. The van der Waals surface area contributed by atoms with Crippen LogP contribution in [0.5, 0.6) is 0 Å².